The highest BCUT2D eigenvalue weighted by molar-refractivity contribution is 5.66. The lowest BCUT2D eigenvalue weighted by Gasteiger charge is -2.07. The van der Waals surface area contributed by atoms with Crippen molar-refractivity contribution >= 4 is 12.3 Å². The second-order valence-electron chi connectivity index (χ2n) is 2.15. The Morgan fingerprint density at radius 1 is 1.55 bits per heavy atom. The summed E-state index contributed by atoms with van der Waals surface area (Å²) in [6.45, 7) is 1.69. The molecule has 0 aromatic rings. The summed E-state index contributed by atoms with van der Waals surface area (Å²) < 4.78 is 9.30. The summed E-state index contributed by atoms with van der Waals surface area (Å²) in [4.78, 5) is 20.5. The first-order chi connectivity index (χ1) is 5.20. The van der Waals surface area contributed by atoms with Gasteiger partial charge in [-0.1, -0.05) is 0 Å². The van der Waals surface area contributed by atoms with E-state index in [1.807, 2.05) is 0 Å². The molecule has 0 spiro atoms. The van der Waals surface area contributed by atoms with Crippen LogP contribution in [0.5, 0.6) is 0 Å². The second-order valence-corrected chi connectivity index (χ2v) is 2.15. The van der Waals surface area contributed by atoms with Gasteiger partial charge < -0.3 is 14.3 Å². The monoisotopic (exact) mass is 160 g/mol. The Hall–Kier alpha value is -0.900. The average Bonchev–Trinajstić information content (AvgIpc) is 1.97. The van der Waals surface area contributed by atoms with Crippen LogP contribution in [0.1, 0.15) is 6.92 Å². The molecular weight excluding hydrogens is 148 g/mol. The van der Waals surface area contributed by atoms with Crippen LogP contribution in [0.15, 0.2) is 0 Å². The third-order valence-corrected chi connectivity index (χ3v) is 1.07. The molecule has 0 saturated heterocycles. The Kier molecular flexibility index (Phi) is 5.37. The predicted octanol–water partition coefficient (Wildman–Crippen LogP) is 0.0110. The number of hydrogen-bond acceptors (Lipinski definition) is 4. The van der Waals surface area contributed by atoms with Crippen LogP contribution in [0.3, 0.4) is 0 Å². The Morgan fingerprint density at radius 2 is 2.18 bits per heavy atom. The fourth-order valence-corrected chi connectivity index (χ4v) is 0.565. The molecule has 0 aliphatic carbocycles. The first kappa shape index (κ1) is 10.1. The molecule has 0 aromatic heterocycles. The van der Waals surface area contributed by atoms with Crippen LogP contribution >= 0.6 is 0 Å². The number of carbonyl (C=O) groups excluding carboxylic acids is 2. The maximum Gasteiger partial charge on any atom is 0.302 e. The molecule has 0 N–H and O–H groups in total. The number of carbonyl (C=O) groups is 2. The van der Waals surface area contributed by atoms with Crippen molar-refractivity contribution in [1.82, 2.24) is 0 Å². The van der Waals surface area contributed by atoms with Gasteiger partial charge in [0.1, 0.15) is 12.9 Å². The van der Waals surface area contributed by atoms with Crippen LogP contribution in [0.4, 0.5) is 0 Å². The first-order valence-electron chi connectivity index (χ1n) is 3.28. The van der Waals surface area contributed by atoms with Crippen molar-refractivity contribution in [2.24, 2.45) is 5.92 Å². The lowest BCUT2D eigenvalue weighted by Crippen LogP contribution is -2.18. The third-order valence-electron chi connectivity index (χ3n) is 1.07. The van der Waals surface area contributed by atoms with Crippen LogP contribution in [0.2, 0.25) is 0 Å². The molecule has 0 bridgehead atoms. The van der Waals surface area contributed by atoms with Gasteiger partial charge in [0.15, 0.2) is 0 Å². The van der Waals surface area contributed by atoms with Gasteiger partial charge in [-0.2, -0.15) is 0 Å². The molecule has 1 unspecified atom stereocenters. The van der Waals surface area contributed by atoms with Gasteiger partial charge in [-0.3, -0.25) is 4.79 Å². The highest BCUT2D eigenvalue weighted by atomic mass is 16.5. The summed E-state index contributed by atoms with van der Waals surface area (Å²) in [5.41, 5.74) is 0. The minimum absolute atomic E-state index is 0.104. The van der Waals surface area contributed by atoms with Gasteiger partial charge in [0, 0.05) is 14.0 Å². The number of ether oxygens (including phenoxy) is 2. The summed E-state index contributed by atoms with van der Waals surface area (Å²) in [7, 11) is 1.49. The minimum atomic E-state index is -0.382. The smallest absolute Gasteiger partial charge is 0.302 e. The predicted molar refractivity (Wildman–Crippen MR) is 38.1 cm³/mol. The van der Waals surface area contributed by atoms with Gasteiger partial charge in [0.2, 0.25) is 0 Å². The zero-order valence-corrected chi connectivity index (χ0v) is 6.70. The van der Waals surface area contributed by atoms with Gasteiger partial charge in [-0.15, -0.1) is 0 Å². The molecule has 1 atom stereocenters. The summed E-state index contributed by atoms with van der Waals surface area (Å²) >= 11 is 0. The maximum atomic E-state index is 10.3. The zero-order valence-electron chi connectivity index (χ0n) is 6.70. The highest BCUT2D eigenvalue weighted by Gasteiger charge is 2.07. The standard InChI is InChI=1S/C7H12O4/c1-6(9)11-5-7(3-8)4-10-2/h3,7H,4-5H2,1-2H3. The number of aldehydes is 1. The van der Waals surface area contributed by atoms with E-state index in [-0.39, 0.29) is 25.1 Å². The number of esters is 1. The summed E-state index contributed by atoms with van der Waals surface area (Å²) in [5, 5.41) is 0. The highest BCUT2D eigenvalue weighted by Crippen LogP contribution is 1.93. The normalized spacial score (nSPS) is 12.2. The van der Waals surface area contributed by atoms with Crippen LogP contribution in [-0.2, 0) is 19.1 Å². The van der Waals surface area contributed by atoms with E-state index < -0.39 is 0 Å². The second kappa shape index (κ2) is 5.85. The van der Waals surface area contributed by atoms with E-state index in [4.69, 9.17) is 4.74 Å². The maximum absolute atomic E-state index is 10.3. The van der Waals surface area contributed by atoms with E-state index in [1.54, 1.807) is 0 Å². The molecule has 0 amide bonds. The Labute approximate surface area is 65.5 Å². The first-order valence-corrected chi connectivity index (χ1v) is 3.28. The molecule has 4 heteroatoms. The lowest BCUT2D eigenvalue weighted by atomic mass is 10.2. The van der Waals surface area contributed by atoms with Crippen molar-refractivity contribution in [3.63, 3.8) is 0 Å². The number of methoxy groups -OCH3 is 1. The Morgan fingerprint density at radius 3 is 2.55 bits per heavy atom. The number of rotatable bonds is 5. The molecular formula is C7H12O4. The van der Waals surface area contributed by atoms with Crippen molar-refractivity contribution in [2.45, 2.75) is 6.92 Å². The van der Waals surface area contributed by atoms with Gasteiger partial charge in [-0.25, -0.2) is 0 Å². The molecule has 4 nitrogen and oxygen atoms in total. The molecule has 64 valence electrons. The molecule has 0 aliphatic rings. The van der Waals surface area contributed by atoms with Crippen LogP contribution in [-0.4, -0.2) is 32.6 Å². The van der Waals surface area contributed by atoms with Crippen molar-refractivity contribution in [3.8, 4) is 0 Å². The minimum Gasteiger partial charge on any atom is -0.465 e. The molecule has 0 aliphatic heterocycles. The van der Waals surface area contributed by atoms with Crippen LogP contribution in [0, 0.1) is 5.92 Å². The topological polar surface area (TPSA) is 52.6 Å². The molecule has 0 saturated carbocycles. The van der Waals surface area contributed by atoms with E-state index in [2.05, 4.69) is 4.74 Å². The molecule has 0 heterocycles. The zero-order chi connectivity index (χ0) is 8.69. The fraction of sp³-hybridized carbons (Fsp3) is 0.714. The van der Waals surface area contributed by atoms with E-state index in [0.717, 1.165) is 0 Å². The number of hydrogen-bond donors (Lipinski definition) is 0. The summed E-state index contributed by atoms with van der Waals surface area (Å²) in [6.07, 6.45) is 0.715. The largest absolute Gasteiger partial charge is 0.465 e. The molecule has 0 rings (SSSR count). The molecule has 11 heavy (non-hydrogen) atoms. The SMILES string of the molecule is COCC(C=O)COC(C)=O. The van der Waals surface area contributed by atoms with Crippen LogP contribution in [0.25, 0.3) is 0 Å². The fourth-order valence-electron chi connectivity index (χ4n) is 0.565. The third kappa shape index (κ3) is 5.54. The quantitative estimate of drug-likeness (QED) is 0.420. The summed E-state index contributed by atoms with van der Waals surface area (Å²) in [5.74, 6) is -0.725. The van der Waals surface area contributed by atoms with Gasteiger partial charge >= 0.3 is 5.97 Å². The van der Waals surface area contributed by atoms with Gasteiger partial charge in [0.05, 0.1) is 12.5 Å². The van der Waals surface area contributed by atoms with Crippen molar-refractivity contribution in [3.05, 3.63) is 0 Å². The van der Waals surface area contributed by atoms with E-state index in [9.17, 15) is 9.59 Å². The Balaban J connectivity index is 3.51. The lowest BCUT2D eigenvalue weighted by molar-refractivity contribution is -0.143. The Bertz CT molecular complexity index is 132. The molecule has 0 radical (unpaired) electrons. The molecule has 0 fully saturated rings. The summed E-state index contributed by atoms with van der Waals surface area (Å²) in [6, 6.07) is 0. The van der Waals surface area contributed by atoms with Crippen molar-refractivity contribution in [2.75, 3.05) is 20.3 Å². The molecule has 0 aromatic carbocycles. The van der Waals surface area contributed by atoms with Crippen molar-refractivity contribution < 1.29 is 19.1 Å². The van der Waals surface area contributed by atoms with Crippen LogP contribution < -0.4 is 0 Å². The van der Waals surface area contributed by atoms with Gasteiger partial charge in [-0.05, 0) is 0 Å². The van der Waals surface area contributed by atoms with E-state index in [0.29, 0.717) is 6.29 Å². The van der Waals surface area contributed by atoms with Crippen molar-refractivity contribution in [1.29, 1.82) is 0 Å². The van der Waals surface area contributed by atoms with E-state index >= 15 is 0 Å². The van der Waals surface area contributed by atoms with Gasteiger partial charge in [0.25, 0.3) is 0 Å². The average molecular weight is 160 g/mol. The van der Waals surface area contributed by atoms with E-state index in [1.165, 1.54) is 14.0 Å².